The topological polar surface area (TPSA) is 95.5 Å². The number of rotatable bonds is 8. The molecule has 0 saturated carbocycles. The molecule has 0 spiro atoms. The number of aliphatic carboxylic acids is 1. The Morgan fingerprint density at radius 1 is 1.33 bits per heavy atom. The third-order valence-corrected chi connectivity index (χ3v) is 3.69. The minimum absolute atomic E-state index is 0.0877. The monoisotopic (exact) mass is 278 g/mol. The number of hydrogen-bond donors (Lipinski definition) is 3. The molecule has 7 heteroatoms. The lowest BCUT2D eigenvalue weighted by Gasteiger charge is -2.23. The molecule has 18 heavy (non-hydrogen) atoms. The highest BCUT2D eigenvalue weighted by Crippen LogP contribution is 2.19. The summed E-state index contributed by atoms with van der Waals surface area (Å²) < 4.78 is 10.8. The average molecular weight is 278 g/mol. The van der Waals surface area contributed by atoms with E-state index < -0.39 is 28.2 Å². The van der Waals surface area contributed by atoms with Gasteiger partial charge in [0.05, 0.1) is 5.41 Å². The Labute approximate surface area is 110 Å². The fraction of sp³-hybridized carbons (Fsp3) is 0.818. The van der Waals surface area contributed by atoms with Crippen LogP contribution in [0, 0.1) is 5.41 Å². The zero-order valence-electron chi connectivity index (χ0n) is 11.1. The van der Waals surface area contributed by atoms with Crippen molar-refractivity contribution in [1.29, 1.82) is 0 Å². The summed E-state index contributed by atoms with van der Waals surface area (Å²) in [6.45, 7) is 3.88. The van der Waals surface area contributed by atoms with E-state index in [4.69, 9.17) is 5.11 Å². The highest BCUT2D eigenvalue weighted by Gasteiger charge is 2.31. The summed E-state index contributed by atoms with van der Waals surface area (Å²) >= 11 is 0. The summed E-state index contributed by atoms with van der Waals surface area (Å²) in [6.07, 6.45) is 2.69. The first-order valence-corrected chi connectivity index (χ1v) is 7.59. The first-order valence-electron chi connectivity index (χ1n) is 5.87. The Morgan fingerprint density at radius 2 is 1.94 bits per heavy atom. The molecule has 0 aliphatic rings. The van der Waals surface area contributed by atoms with E-state index in [1.54, 1.807) is 20.1 Å². The Morgan fingerprint density at radius 3 is 2.39 bits per heavy atom. The van der Waals surface area contributed by atoms with Gasteiger partial charge >= 0.3 is 12.0 Å². The number of carbonyl (C=O) groups excluding carboxylic acids is 1. The molecule has 2 atom stereocenters. The highest BCUT2D eigenvalue weighted by molar-refractivity contribution is 7.84. The van der Waals surface area contributed by atoms with Crippen LogP contribution in [0.1, 0.15) is 26.7 Å². The van der Waals surface area contributed by atoms with Gasteiger partial charge in [0, 0.05) is 35.9 Å². The van der Waals surface area contributed by atoms with E-state index in [0.29, 0.717) is 25.1 Å². The molecular formula is C11H22N2O4S. The van der Waals surface area contributed by atoms with Crippen molar-refractivity contribution in [3.05, 3.63) is 0 Å². The highest BCUT2D eigenvalue weighted by atomic mass is 32.2. The number of carboxylic acid groups (broad SMARTS) is 1. The Bertz CT molecular complexity index is 322. The molecular weight excluding hydrogens is 256 g/mol. The molecule has 3 N–H and O–H groups in total. The number of hydrogen-bond acceptors (Lipinski definition) is 3. The molecule has 0 rings (SSSR count). The molecule has 0 heterocycles. The summed E-state index contributed by atoms with van der Waals surface area (Å²) in [6, 6.07) is -0.391. The molecule has 0 aliphatic carbocycles. The van der Waals surface area contributed by atoms with Gasteiger partial charge < -0.3 is 15.7 Å². The number of urea groups is 1. The number of amides is 2. The minimum Gasteiger partial charge on any atom is -0.481 e. The molecule has 0 bridgehead atoms. The Kier molecular flexibility index (Phi) is 7.58. The van der Waals surface area contributed by atoms with E-state index in [-0.39, 0.29) is 6.54 Å². The predicted octanol–water partition coefficient (Wildman–Crippen LogP) is 0.555. The molecule has 0 fully saturated rings. The van der Waals surface area contributed by atoms with E-state index in [0.717, 1.165) is 0 Å². The van der Waals surface area contributed by atoms with Gasteiger partial charge in [0.2, 0.25) is 0 Å². The molecule has 0 aromatic heterocycles. The van der Waals surface area contributed by atoms with Crippen molar-refractivity contribution in [2.45, 2.75) is 26.7 Å². The van der Waals surface area contributed by atoms with Crippen LogP contribution in [-0.2, 0) is 15.6 Å². The van der Waals surface area contributed by atoms with Gasteiger partial charge in [-0.2, -0.15) is 0 Å². The molecule has 0 radical (unpaired) electrons. The van der Waals surface area contributed by atoms with Gasteiger partial charge in [-0.1, -0.05) is 6.92 Å². The number of nitrogens with one attached hydrogen (secondary N) is 2. The second-order valence-corrected chi connectivity index (χ2v) is 6.01. The first kappa shape index (κ1) is 16.9. The maximum atomic E-state index is 11.4. The van der Waals surface area contributed by atoms with Gasteiger partial charge in [-0.3, -0.25) is 9.00 Å². The van der Waals surface area contributed by atoms with Gasteiger partial charge in [0.25, 0.3) is 0 Å². The number of carboxylic acids is 1. The summed E-state index contributed by atoms with van der Waals surface area (Å²) in [5.74, 6) is -0.381. The van der Waals surface area contributed by atoms with Gasteiger partial charge in [-0.05, 0) is 19.8 Å². The average Bonchev–Trinajstić information content (AvgIpc) is 2.31. The van der Waals surface area contributed by atoms with Crippen LogP contribution in [-0.4, -0.2) is 46.4 Å². The van der Waals surface area contributed by atoms with Crippen LogP contribution in [0.5, 0.6) is 0 Å². The Balaban J connectivity index is 3.89. The second kappa shape index (κ2) is 8.07. The predicted molar refractivity (Wildman–Crippen MR) is 71.0 cm³/mol. The van der Waals surface area contributed by atoms with Crippen molar-refractivity contribution in [1.82, 2.24) is 10.6 Å². The third-order valence-electron chi connectivity index (χ3n) is 2.83. The summed E-state index contributed by atoms with van der Waals surface area (Å²) in [5, 5.41) is 14.1. The zero-order valence-corrected chi connectivity index (χ0v) is 11.9. The van der Waals surface area contributed by atoms with Crippen molar-refractivity contribution in [2.75, 3.05) is 25.1 Å². The largest absolute Gasteiger partial charge is 0.481 e. The quantitative estimate of drug-likeness (QED) is 0.565. The maximum absolute atomic E-state index is 11.4. The molecule has 6 nitrogen and oxygen atoms in total. The molecule has 0 saturated heterocycles. The van der Waals surface area contributed by atoms with Gasteiger partial charge in [-0.15, -0.1) is 0 Å². The van der Waals surface area contributed by atoms with Crippen LogP contribution in [0.2, 0.25) is 0 Å². The van der Waals surface area contributed by atoms with Crippen molar-refractivity contribution in [3.63, 3.8) is 0 Å². The summed E-state index contributed by atoms with van der Waals surface area (Å²) in [7, 11) is -0.855. The minimum atomic E-state index is -0.942. The summed E-state index contributed by atoms with van der Waals surface area (Å²) in [5.41, 5.74) is -0.942. The lowest BCUT2D eigenvalue weighted by atomic mass is 9.88. The van der Waals surface area contributed by atoms with E-state index in [1.165, 1.54) is 0 Å². The van der Waals surface area contributed by atoms with Crippen LogP contribution in [0.15, 0.2) is 0 Å². The maximum Gasteiger partial charge on any atom is 0.314 e. The van der Waals surface area contributed by atoms with Crippen LogP contribution < -0.4 is 10.6 Å². The van der Waals surface area contributed by atoms with Crippen LogP contribution in [0.3, 0.4) is 0 Å². The van der Waals surface area contributed by atoms with E-state index >= 15 is 0 Å². The fourth-order valence-electron chi connectivity index (χ4n) is 1.17. The van der Waals surface area contributed by atoms with Gasteiger partial charge in [0.15, 0.2) is 0 Å². The van der Waals surface area contributed by atoms with E-state index in [2.05, 4.69) is 10.6 Å². The fourth-order valence-corrected chi connectivity index (χ4v) is 1.72. The summed E-state index contributed by atoms with van der Waals surface area (Å²) in [4.78, 5) is 22.4. The van der Waals surface area contributed by atoms with Crippen molar-refractivity contribution in [2.24, 2.45) is 5.41 Å². The lowest BCUT2D eigenvalue weighted by molar-refractivity contribution is -0.147. The van der Waals surface area contributed by atoms with Crippen molar-refractivity contribution < 1.29 is 18.9 Å². The van der Waals surface area contributed by atoms with Crippen molar-refractivity contribution in [3.8, 4) is 0 Å². The molecule has 0 aromatic rings. The van der Waals surface area contributed by atoms with Crippen LogP contribution in [0.25, 0.3) is 0 Å². The molecule has 2 unspecified atom stereocenters. The van der Waals surface area contributed by atoms with Gasteiger partial charge in [-0.25, -0.2) is 4.79 Å². The van der Waals surface area contributed by atoms with Crippen molar-refractivity contribution >= 4 is 22.8 Å². The normalized spacial score (nSPS) is 15.5. The zero-order chi connectivity index (χ0) is 14.2. The Hall–Kier alpha value is -1.11. The number of carbonyl (C=O) groups is 2. The van der Waals surface area contributed by atoms with Crippen LogP contribution in [0.4, 0.5) is 4.79 Å². The van der Waals surface area contributed by atoms with Gasteiger partial charge in [0.1, 0.15) is 0 Å². The smallest absolute Gasteiger partial charge is 0.314 e. The SMILES string of the molecule is CCC(C)(CNC(=O)NCCCS(C)=O)C(=O)O. The standard InChI is InChI=1S/C11H22N2O4S/c1-4-11(2,9(14)15)8-13-10(16)12-6-5-7-18(3)17/h4-8H2,1-3H3,(H,14,15)(H2,12,13,16). The molecule has 106 valence electrons. The second-order valence-electron chi connectivity index (χ2n) is 4.46. The molecule has 0 aliphatic heterocycles. The van der Waals surface area contributed by atoms with E-state index in [1.807, 2.05) is 0 Å². The molecule has 0 aromatic carbocycles. The van der Waals surface area contributed by atoms with Crippen LogP contribution >= 0.6 is 0 Å². The van der Waals surface area contributed by atoms with E-state index in [9.17, 15) is 13.8 Å². The third kappa shape index (κ3) is 6.58. The molecule has 2 amide bonds. The lowest BCUT2D eigenvalue weighted by Crippen LogP contribution is -2.44. The first-order chi connectivity index (χ1) is 8.31.